The first-order valence-corrected chi connectivity index (χ1v) is 12.9. The summed E-state index contributed by atoms with van der Waals surface area (Å²) in [6, 6.07) is 24.5. The highest BCUT2D eigenvalue weighted by Crippen LogP contribution is 2.32. The molecule has 0 atom stereocenters. The van der Waals surface area contributed by atoms with Crippen molar-refractivity contribution in [3.05, 3.63) is 124 Å². The second-order valence-electron chi connectivity index (χ2n) is 9.31. The maximum atomic E-state index is 13.4. The van der Waals surface area contributed by atoms with Gasteiger partial charge in [-0.3, -0.25) is 4.79 Å². The van der Waals surface area contributed by atoms with Crippen LogP contribution in [0.1, 0.15) is 29.2 Å². The Hall–Kier alpha value is -4.92. The van der Waals surface area contributed by atoms with Gasteiger partial charge in [0.2, 0.25) is 0 Å². The summed E-state index contributed by atoms with van der Waals surface area (Å²) < 4.78 is 53.1. The Balaban J connectivity index is 1.53. The van der Waals surface area contributed by atoms with Crippen molar-refractivity contribution in [2.75, 3.05) is 6.61 Å². The molecule has 0 fully saturated rings. The molecule has 208 valence electrons. The van der Waals surface area contributed by atoms with E-state index in [1.54, 1.807) is 42.5 Å². The fourth-order valence-corrected chi connectivity index (χ4v) is 4.33. The lowest BCUT2D eigenvalue weighted by Gasteiger charge is -2.13. The summed E-state index contributed by atoms with van der Waals surface area (Å²) in [4.78, 5) is 17.9. The molecule has 0 spiro atoms. The van der Waals surface area contributed by atoms with Crippen molar-refractivity contribution in [2.24, 2.45) is 5.10 Å². The molecule has 0 saturated carbocycles. The summed E-state index contributed by atoms with van der Waals surface area (Å²) in [6.07, 6.45) is -3.12. The van der Waals surface area contributed by atoms with Gasteiger partial charge < -0.3 is 9.47 Å². The number of halogens is 3. The Bertz CT molecular complexity index is 1800. The zero-order valence-electron chi connectivity index (χ0n) is 22.4. The van der Waals surface area contributed by atoms with Crippen LogP contribution >= 0.6 is 0 Å². The average Bonchev–Trinajstić information content (AvgIpc) is 2.96. The molecule has 0 bridgehead atoms. The quantitative estimate of drug-likeness (QED) is 0.189. The second-order valence-corrected chi connectivity index (χ2v) is 9.31. The van der Waals surface area contributed by atoms with E-state index in [4.69, 9.17) is 9.47 Å². The van der Waals surface area contributed by atoms with Crippen LogP contribution in [-0.4, -0.2) is 22.5 Å². The predicted octanol–water partition coefficient (Wildman–Crippen LogP) is 7.25. The van der Waals surface area contributed by atoms with Crippen molar-refractivity contribution < 1.29 is 22.6 Å². The first-order chi connectivity index (χ1) is 19.7. The molecule has 0 unspecified atom stereocenters. The number of rotatable bonds is 8. The SMILES string of the molecule is CCOc1cc(C=Nn2c(-c3cccc(C(F)(F)F)c3)nc3ccccc3c2=O)ccc1OCc1cccc(C)c1. The first-order valence-electron chi connectivity index (χ1n) is 12.9. The van der Waals surface area contributed by atoms with E-state index < -0.39 is 17.3 Å². The van der Waals surface area contributed by atoms with E-state index in [9.17, 15) is 18.0 Å². The molecule has 0 aliphatic rings. The first kappa shape index (κ1) is 27.6. The molecule has 0 N–H and O–H groups in total. The molecule has 0 amide bonds. The highest BCUT2D eigenvalue weighted by Gasteiger charge is 2.31. The molecule has 0 saturated heterocycles. The van der Waals surface area contributed by atoms with Crippen LogP contribution < -0.4 is 15.0 Å². The lowest BCUT2D eigenvalue weighted by atomic mass is 10.1. The summed E-state index contributed by atoms with van der Waals surface area (Å²) in [5, 5.41) is 4.65. The zero-order valence-corrected chi connectivity index (χ0v) is 22.4. The van der Waals surface area contributed by atoms with Gasteiger partial charge in [-0.1, -0.05) is 54.1 Å². The number of fused-ring (bicyclic) bond motifs is 1. The highest BCUT2D eigenvalue weighted by atomic mass is 19.4. The second kappa shape index (κ2) is 11.7. The van der Waals surface area contributed by atoms with Crippen molar-refractivity contribution in [3.8, 4) is 22.9 Å². The molecular formula is C32H26F3N3O3. The van der Waals surface area contributed by atoms with Gasteiger partial charge in [-0.25, -0.2) is 4.98 Å². The minimum Gasteiger partial charge on any atom is -0.490 e. The van der Waals surface area contributed by atoms with Crippen LogP contribution in [0.4, 0.5) is 13.2 Å². The number of aromatic nitrogens is 2. The van der Waals surface area contributed by atoms with Gasteiger partial charge in [0.1, 0.15) is 6.61 Å². The molecule has 0 aliphatic heterocycles. The highest BCUT2D eigenvalue weighted by molar-refractivity contribution is 5.82. The van der Waals surface area contributed by atoms with E-state index in [-0.39, 0.29) is 16.8 Å². The van der Waals surface area contributed by atoms with Gasteiger partial charge in [0.05, 0.1) is 29.3 Å². The minimum atomic E-state index is -4.56. The van der Waals surface area contributed by atoms with Gasteiger partial charge in [-0.05, 0) is 67.4 Å². The van der Waals surface area contributed by atoms with E-state index in [1.807, 2.05) is 38.1 Å². The molecule has 5 rings (SSSR count). The van der Waals surface area contributed by atoms with Crippen LogP contribution in [0, 0.1) is 6.92 Å². The van der Waals surface area contributed by atoms with E-state index in [0.717, 1.165) is 27.9 Å². The molecule has 1 aromatic heterocycles. The number of nitrogens with zero attached hydrogens (tertiary/aromatic N) is 3. The standard InChI is InChI=1S/C32H26F3N3O3/c1-3-40-29-17-22(14-15-28(29)41-20-23-9-6-8-21(2)16-23)19-36-38-30(24-10-7-11-25(18-24)32(33,34)35)37-27-13-5-4-12-26(27)31(38)39/h4-19H,3,20H2,1-2H3. The number of alkyl halides is 3. The van der Waals surface area contributed by atoms with Gasteiger partial charge in [0, 0.05) is 5.56 Å². The van der Waals surface area contributed by atoms with Crippen molar-refractivity contribution in [1.82, 2.24) is 9.66 Å². The molecule has 1 heterocycles. The third-order valence-electron chi connectivity index (χ3n) is 6.27. The largest absolute Gasteiger partial charge is 0.490 e. The van der Waals surface area contributed by atoms with Crippen LogP contribution in [-0.2, 0) is 12.8 Å². The Morgan fingerprint density at radius 1 is 0.902 bits per heavy atom. The minimum absolute atomic E-state index is 0.0146. The summed E-state index contributed by atoms with van der Waals surface area (Å²) >= 11 is 0. The number of ether oxygens (including phenoxy) is 2. The molecular weight excluding hydrogens is 531 g/mol. The van der Waals surface area contributed by atoms with E-state index in [0.29, 0.717) is 35.8 Å². The number of aryl methyl sites for hydroxylation is 1. The van der Waals surface area contributed by atoms with Crippen LogP contribution in [0.5, 0.6) is 11.5 Å². The number of hydrogen-bond acceptors (Lipinski definition) is 5. The molecule has 5 aromatic rings. The molecule has 6 nitrogen and oxygen atoms in total. The normalized spacial score (nSPS) is 11.7. The Kier molecular flexibility index (Phi) is 7.87. The van der Waals surface area contributed by atoms with Crippen LogP contribution in [0.25, 0.3) is 22.3 Å². The van der Waals surface area contributed by atoms with Gasteiger partial charge >= 0.3 is 6.18 Å². The third kappa shape index (κ3) is 6.30. The molecule has 0 radical (unpaired) electrons. The van der Waals surface area contributed by atoms with Crippen LogP contribution in [0.2, 0.25) is 0 Å². The van der Waals surface area contributed by atoms with Crippen molar-refractivity contribution in [2.45, 2.75) is 26.6 Å². The van der Waals surface area contributed by atoms with Gasteiger partial charge in [0.25, 0.3) is 5.56 Å². The molecule has 9 heteroatoms. The number of hydrogen-bond donors (Lipinski definition) is 0. The molecule has 41 heavy (non-hydrogen) atoms. The summed E-state index contributed by atoms with van der Waals surface area (Å²) in [5.41, 5.74) is 1.83. The van der Waals surface area contributed by atoms with Crippen LogP contribution in [0.15, 0.2) is 101 Å². The van der Waals surface area contributed by atoms with Gasteiger partial charge in [-0.15, -0.1) is 0 Å². The Morgan fingerprint density at radius 2 is 1.71 bits per heavy atom. The average molecular weight is 558 g/mol. The van der Waals surface area contributed by atoms with Crippen molar-refractivity contribution >= 4 is 17.1 Å². The lowest BCUT2D eigenvalue weighted by molar-refractivity contribution is -0.137. The Labute approximate surface area is 234 Å². The fraction of sp³-hybridized carbons (Fsp3) is 0.156. The van der Waals surface area contributed by atoms with Crippen molar-refractivity contribution in [1.29, 1.82) is 0 Å². The van der Waals surface area contributed by atoms with Gasteiger partial charge in [0.15, 0.2) is 17.3 Å². The molecule has 0 aliphatic carbocycles. The maximum Gasteiger partial charge on any atom is 0.416 e. The monoisotopic (exact) mass is 557 g/mol. The maximum absolute atomic E-state index is 13.4. The van der Waals surface area contributed by atoms with E-state index in [2.05, 4.69) is 10.1 Å². The van der Waals surface area contributed by atoms with Gasteiger partial charge in [-0.2, -0.15) is 22.9 Å². The summed E-state index contributed by atoms with van der Waals surface area (Å²) in [5.74, 6) is 1.02. The fourth-order valence-electron chi connectivity index (χ4n) is 4.33. The number of para-hydroxylation sites is 1. The predicted molar refractivity (Wildman–Crippen MR) is 153 cm³/mol. The van der Waals surface area contributed by atoms with E-state index in [1.165, 1.54) is 18.3 Å². The summed E-state index contributed by atoms with van der Waals surface area (Å²) in [6.45, 7) is 4.62. The smallest absolute Gasteiger partial charge is 0.416 e. The lowest BCUT2D eigenvalue weighted by Crippen LogP contribution is -2.20. The molecule has 4 aromatic carbocycles. The van der Waals surface area contributed by atoms with Crippen molar-refractivity contribution in [3.63, 3.8) is 0 Å². The van der Waals surface area contributed by atoms with Crippen LogP contribution in [0.3, 0.4) is 0 Å². The zero-order chi connectivity index (χ0) is 29.0. The third-order valence-corrected chi connectivity index (χ3v) is 6.27. The topological polar surface area (TPSA) is 65.7 Å². The van der Waals surface area contributed by atoms with E-state index >= 15 is 0 Å². The number of benzene rings is 4. The Morgan fingerprint density at radius 3 is 2.49 bits per heavy atom. The summed E-state index contributed by atoms with van der Waals surface area (Å²) in [7, 11) is 0.